The summed E-state index contributed by atoms with van der Waals surface area (Å²) in [7, 11) is 0. The number of nitrogens with zero attached hydrogens (tertiary/aromatic N) is 3. The van der Waals surface area contributed by atoms with Crippen molar-refractivity contribution in [3.8, 4) is 0 Å². The van der Waals surface area contributed by atoms with Gasteiger partial charge < -0.3 is 19.3 Å². The maximum absolute atomic E-state index is 12.9. The van der Waals surface area contributed by atoms with Crippen LogP contribution in [0.2, 0.25) is 0 Å². The molecule has 0 aromatic carbocycles. The molecule has 0 N–H and O–H groups in total. The summed E-state index contributed by atoms with van der Waals surface area (Å²) in [5.74, 6) is -0.101. The molecule has 3 aliphatic heterocycles. The standard InChI is InChI=1S/C19H24FN3O4/c20-14-1-2-15(21-11-14)10-18(24)23-4-3-13-9-16(27-17(13)12-23)19(25)22-5-7-26-8-6-22/h1-2,11,13,16-17H,3-10,12H2/t13-,16?,17-/m0/s1. The molecule has 1 aromatic heterocycles. The minimum Gasteiger partial charge on any atom is -0.378 e. The van der Waals surface area contributed by atoms with Gasteiger partial charge in [-0.2, -0.15) is 0 Å². The van der Waals surface area contributed by atoms with Gasteiger partial charge in [-0.25, -0.2) is 4.39 Å². The van der Waals surface area contributed by atoms with Gasteiger partial charge in [0.2, 0.25) is 5.91 Å². The van der Waals surface area contributed by atoms with E-state index in [1.807, 2.05) is 4.90 Å². The van der Waals surface area contributed by atoms with Crippen molar-refractivity contribution in [3.05, 3.63) is 29.8 Å². The molecule has 2 amide bonds. The second-order valence-corrected chi connectivity index (χ2v) is 7.37. The highest BCUT2D eigenvalue weighted by molar-refractivity contribution is 5.81. The van der Waals surface area contributed by atoms with Crippen LogP contribution in [0, 0.1) is 11.7 Å². The average molecular weight is 377 g/mol. The van der Waals surface area contributed by atoms with Crippen LogP contribution >= 0.6 is 0 Å². The van der Waals surface area contributed by atoms with Gasteiger partial charge in [0, 0.05) is 31.9 Å². The van der Waals surface area contributed by atoms with Gasteiger partial charge in [-0.3, -0.25) is 14.6 Å². The number of aromatic nitrogens is 1. The van der Waals surface area contributed by atoms with Crippen molar-refractivity contribution < 1.29 is 23.5 Å². The fourth-order valence-electron chi connectivity index (χ4n) is 4.08. The van der Waals surface area contributed by atoms with Crippen molar-refractivity contribution in [1.82, 2.24) is 14.8 Å². The van der Waals surface area contributed by atoms with Gasteiger partial charge in [0.25, 0.3) is 5.91 Å². The second-order valence-electron chi connectivity index (χ2n) is 7.37. The van der Waals surface area contributed by atoms with Crippen LogP contribution in [0.5, 0.6) is 0 Å². The third-order valence-electron chi connectivity index (χ3n) is 5.62. The van der Waals surface area contributed by atoms with Gasteiger partial charge >= 0.3 is 0 Å². The number of hydrogen-bond donors (Lipinski definition) is 0. The van der Waals surface area contributed by atoms with Gasteiger partial charge in [0.1, 0.15) is 11.9 Å². The Morgan fingerprint density at radius 1 is 1.19 bits per heavy atom. The Bertz CT molecular complexity index is 693. The van der Waals surface area contributed by atoms with Crippen molar-refractivity contribution >= 4 is 11.8 Å². The number of rotatable bonds is 3. The topological polar surface area (TPSA) is 72.0 Å². The number of piperidine rings is 1. The van der Waals surface area contributed by atoms with Gasteiger partial charge in [-0.05, 0) is 30.9 Å². The zero-order valence-corrected chi connectivity index (χ0v) is 15.2. The summed E-state index contributed by atoms with van der Waals surface area (Å²) in [6.45, 7) is 3.53. The number of ether oxygens (including phenoxy) is 2. The number of halogens is 1. The van der Waals surface area contributed by atoms with Crippen LogP contribution in [0.15, 0.2) is 18.3 Å². The molecular weight excluding hydrogens is 353 g/mol. The van der Waals surface area contributed by atoms with Crippen LogP contribution in [-0.4, -0.2) is 78.2 Å². The molecule has 0 radical (unpaired) electrons. The molecule has 0 spiro atoms. The Kier molecular flexibility index (Phi) is 5.36. The first-order chi connectivity index (χ1) is 13.1. The highest BCUT2D eigenvalue weighted by atomic mass is 19.1. The number of hydrogen-bond acceptors (Lipinski definition) is 5. The first-order valence-corrected chi connectivity index (χ1v) is 9.50. The van der Waals surface area contributed by atoms with E-state index < -0.39 is 11.9 Å². The van der Waals surface area contributed by atoms with E-state index >= 15 is 0 Å². The number of pyridine rings is 1. The second kappa shape index (κ2) is 7.90. The Morgan fingerprint density at radius 2 is 2.00 bits per heavy atom. The molecule has 3 aliphatic rings. The lowest BCUT2D eigenvalue weighted by molar-refractivity contribution is -0.148. The molecule has 4 heterocycles. The first kappa shape index (κ1) is 18.3. The molecule has 7 nitrogen and oxygen atoms in total. The lowest BCUT2D eigenvalue weighted by Gasteiger charge is -2.34. The number of morpholine rings is 1. The van der Waals surface area contributed by atoms with Gasteiger partial charge in [0.05, 0.1) is 31.9 Å². The highest BCUT2D eigenvalue weighted by Crippen LogP contribution is 2.34. The Balaban J connectivity index is 1.32. The zero-order valence-electron chi connectivity index (χ0n) is 15.2. The van der Waals surface area contributed by atoms with Crippen molar-refractivity contribution in [3.63, 3.8) is 0 Å². The number of carbonyl (C=O) groups is 2. The molecule has 0 aliphatic carbocycles. The summed E-state index contributed by atoms with van der Waals surface area (Å²) in [5.41, 5.74) is 0.552. The third kappa shape index (κ3) is 4.11. The lowest BCUT2D eigenvalue weighted by atomic mass is 9.91. The van der Waals surface area contributed by atoms with E-state index in [4.69, 9.17) is 9.47 Å². The smallest absolute Gasteiger partial charge is 0.251 e. The zero-order chi connectivity index (χ0) is 18.8. The molecule has 1 unspecified atom stereocenters. The minimum absolute atomic E-state index is 0.0425. The summed E-state index contributed by atoms with van der Waals surface area (Å²) in [5, 5.41) is 0. The summed E-state index contributed by atoms with van der Waals surface area (Å²) in [6.07, 6.45) is 2.32. The predicted molar refractivity (Wildman–Crippen MR) is 93.3 cm³/mol. The van der Waals surface area contributed by atoms with Gasteiger partial charge in [-0.15, -0.1) is 0 Å². The number of likely N-dealkylation sites (tertiary alicyclic amines) is 1. The summed E-state index contributed by atoms with van der Waals surface area (Å²) in [6, 6.07) is 2.84. The number of fused-ring (bicyclic) bond motifs is 1. The monoisotopic (exact) mass is 377 g/mol. The molecular formula is C19H24FN3O4. The molecule has 0 bridgehead atoms. The van der Waals surface area contributed by atoms with Crippen molar-refractivity contribution in [1.29, 1.82) is 0 Å². The Morgan fingerprint density at radius 3 is 2.74 bits per heavy atom. The van der Waals surface area contributed by atoms with Gasteiger partial charge in [0.15, 0.2) is 0 Å². The fourth-order valence-corrected chi connectivity index (χ4v) is 4.08. The largest absolute Gasteiger partial charge is 0.378 e. The summed E-state index contributed by atoms with van der Waals surface area (Å²) < 4.78 is 24.3. The van der Waals surface area contributed by atoms with Crippen LogP contribution in [0.4, 0.5) is 4.39 Å². The maximum atomic E-state index is 12.9. The molecule has 27 heavy (non-hydrogen) atoms. The number of amides is 2. The van der Waals surface area contributed by atoms with Crippen molar-refractivity contribution in [2.75, 3.05) is 39.4 Å². The fraction of sp³-hybridized carbons (Fsp3) is 0.632. The predicted octanol–water partition coefficient (Wildman–Crippen LogP) is 0.628. The minimum atomic E-state index is -0.414. The van der Waals surface area contributed by atoms with Gasteiger partial charge in [-0.1, -0.05) is 0 Å². The molecule has 3 atom stereocenters. The van der Waals surface area contributed by atoms with Crippen LogP contribution in [0.3, 0.4) is 0 Å². The molecule has 0 saturated carbocycles. The number of carbonyl (C=O) groups excluding carboxylic acids is 2. The van der Waals surface area contributed by atoms with Crippen LogP contribution < -0.4 is 0 Å². The summed E-state index contributed by atoms with van der Waals surface area (Å²) >= 11 is 0. The molecule has 1 aromatic rings. The average Bonchev–Trinajstić information content (AvgIpc) is 3.13. The maximum Gasteiger partial charge on any atom is 0.251 e. The van der Waals surface area contributed by atoms with Crippen LogP contribution in [0.1, 0.15) is 18.5 Å². The van der Waals surface area contributed by atoms with Crippen LogP contribution in [-0.2, 0) is 25.5 Å². The third-order valence-corrected chi connectivity index (χ3v) is 5.62. The highest BCUT2D eigenvalue weighted by Gasteiger charge is 2.43. The molecule has 3 saturated heterocycles. The van der Waals surface area contributed by atoms with E-state index in [2.05, 4.69) is 4.98 Å². The van der Waals surface area contributed by atoms with E-state index in [1.54, 1.807) is 4.90 Å². The van der Waals surface area contributed by atoms with Crippen molar-refractivity contribution in [2.45, 2.75) is 31.5 Å². The Hall–Kier alpha value is -2.06. The van der Waals surface area contributed by atoms with Crippen molar-refractivity contribution in [2.24, 2.45) is 5.92 Å². The van der Waals surface area contributed by atoms with E-state index in [9.17, 15) is 14.0 Å². The lowest BCUT2D eigenvalue weighted by Crippen LogP contribution is -2.47. The van der Waals surface area contributed by atoms with E-state index in [0.717, 1.165) is 19.0 Å². The SMILES string of the molecule is O=C(Cc1ccc(F)cn1)N1CC[C@H]2CC(C(=O)N3CCOCC3)O[C@H]2C1. The summed E-state index contributed by atoms with van der Waals surface area (Å²) in [4.78, 5) is 32.7. The Labute approximate surface area is 157 Å². The quantitative estimate of drug-likeness (QED) is 0.773. The van der Waals surface area contributed by atoms with E-state index in [-0.39, 0.29) is 24.3 Å². The van der Waals surface area contributed by atoms with E-state index in [0.29, 0.717) is 51.0 Å². The molecule has 8 heteroatoms. The first-order valence-electron chi connectivity index (χ1n) is 9.50. The molecule has 146 valence electrons. The molecule has 3 fully saturated rings. The van der Waals surface area contributed by atoms with Crippen LogP contribution in [0.25, 0.3) is 0 Å². The van der Waals surface area contributed by atoms with E-state index in [1.165, 1.54) is 12.1 Å². The normalized spacial score (nSPS) is 28.1. The molecule has 4 rings (SSSR count).